The Morgan fingerprint density at radius 1 is 0.840 bits per heavy atom. The van der Waals surface area contributed by atoms with Crippen molar-refractivity contribution in [3.8, 4) is 0 Å². The van der Waals surface area contributed by atoms with Crippen molar-refractivity contribution < 1.29 is 38.9 Å². The van der Waals surface area contributed by atoms with Gasteiger partial charge in [0.25, 0.3) is 0 Å². The molecule has 0 saturated carbocycles. The van der Waals surface area contributed by atoms with Crippen molar-refractivity contribution >= 4 is 23.9 Å². The average molecular weight is 360 g/mol. The first kappa shape index (κ1) is 22.9. The summed E-state index contributed by atoms with van der Waals surface area (Å²) < 4.78 is 10.2. The molecule has 8 heteroatoms. The number of carbonyl (C=O) groups excluding carboxylic acids is 2. The number of carboxylic acids is 2. The summed E-state index contributed by atoms with van der Waals surface area (Å²) in [4.78, 5) is 45.0. The molecule has 0 fully saturated rings. The Morgan fingerprint density at radius 3 is 1.64 bits per heavy atom. The first-order chi connectivity index (χ1) is 11.5. The first-order valence-corrected chi connectivity index (χ1v) is 8.33. The maximum atomic E-state index is 12.0. The summed E-state index contributed by atoms with van der Waals surface area (Å²) >= 11 is 0. The van der Waals surface area contributed by atoms with Crippen LogP contribution in [0.5, 0.6) is 0 Å². The molecule has 2 atom stereocenters. The Labute approximate surface area is 147 Å². The van der Waals surface area contributed by atoms with Gasteiger partial charge in [-0.2, -0.15) is 0 Å². The standard InChI is InChI=1S/C17H28O8/c1-11(24-13(3)18)17(16(22)23,12(2)25-14(4)19)10-8-6-5-7-9-15(20)21/h11-12H,5-10H2,1-4H3,(H,20,21)(H,22,23). The third-order valence-electron chi connectivity index (χ3n) is 4.27. The molecule has 0 aliphatic heterocycles. The van der Waals surface area contributed by atoms with E-state index in [1.807, 2.05) is 0 Å². The van der Waals surface area contributed by atoms with Gasteiger partial charge in [0, 0.05) is 20.3 Å². The number of hydrogen-bond donors (Lipinski definition) is 2. The van der Waals surface area contributed by atoms with Crippen LogP contribution in [0.2, 0.25) is 0 Å². The number of hydrogen-bond acceptors (Lipinski definition) is 6. The van der Waals surface area contributed by atoms with Gasteiger partial charge in [-0.1, -0.05) is 19.3 Å². The van der Waals surface area contributed by atoms with Gasteiger partial charge in [-0.25, -0.2) is 0 Å². The zero-order chi connectivity index (χ0) is 19.6. The Kier molecular flexibility index (Phi) is 9.78. The SMILES string of the molecule is CC(=O)OC(C)C(CCCCCCC(=O)O)(C(=O)O)C(C)OC(C)=O. The van der Waals surface area contributed by atoms with Crippen LogP contribution in [0.3, 0.4) is 0 Å². The van der Waals surface area contributed by atoms with E-state index in [1.54, 1.807) is 0 Å². The highest BCUT2D eigenvalue weighted by atomic mass is 16.6. The molecule has 0 amide bonds. The van der Waals surface area contributed by atoms with E-state index >= 15 is 0 Å². The van der Waals surface area contributed by atoms with Gasteiger partial charge in [-0.3, -0.25) is 19.2 Å². The average Bonchev–Trinajstić information content (AvgIpc) is 2.43. The molecule has 0 rings (SSSR count). The minimum Gasteiger partial charge on any atom is -0.481 e. The zero-order valence-electron chi connectivity index (χ0n) is 15.2. The van der Waals surface area contributed by atoms with Crippen molar-refractivity contribution in [1.29, 1.82) is 0 Å². The second-order valence-electron chi connectivity index (χ2n) is 6.16. The van der Waals surface area contributed by atoms with Gasteiger partial charge in [0.05, 0.1) is 0 Å². The summed E-state index contributed by atoms with van der Waals surface area (Å²) in [5.41, 5.74) is -1.57. The predicted molar refractivity (Wildman–Crippen MR) is 87.9 cm³/mol. The van der Waals surface area contributed by atoms with Gasteiger partial charge in [0.15, 0.2) is 0 Å². The lowest BCUT2D eigenvalue weighted by molar-refractivity contribution is -0.185. The van der Waals surface area contributed by atoms with Gasteiger partial charge in [-0.05, 0) is 26.7 Å². The van der Waals surface area contributed by atoms with E-state index in [4.69, 9.17) is 14.6 Å². The molecule has 0 aromatic heterocycles. The number of esters is 2. The summed E-state index contributed by atoms with van der Waals surface area (Å²) in [5.74, 6) is -3.31. The molecule has 0 aromatic carbocycles. The van der Waals surface area contributed by atoms with Crippen LogP contribution in [0, 0.1) is 5.41 Å². The Morgan fingerprint density at radius 2 is 1.28 bits per heavy atom. The molecule has 0 radical (unpaired) electrons. The highest BCUT2D eigenvalue weighted by Crippen LogP contribution is 2.37. The number of rotatable bonds is 12. The molecule has 0 aliphatic carbocycles. The van der Waals surface area contributed by atoms with Crippen LogP contribution in [0.1, 0.15) is 66.2 Å². The fourth-order valence-electron chi connectivity index (χ4n) is 2.95. The minimum absolute atomic E-state index is 0.0672. The third kappa shape index (κ3) is 7.53. The highest BCUT2D eigenvalue weighted by Gasteiger charge is 2.51. The Balaban J connectivity index is 5.13. The molecule has 0 heterocycles. The van der Waals surface area contributed by atoms with E-state index in [0.29, 0.717) is 25.7 Å². The molecule has 25 heavy (non-hydrogen) atoms. The lowest BCUT2D eigenvalue weighted by atomic mass is 9.73. The monoisotopic (exact) mass is 360 g/mol. The quantitative estimate of drug-likeness (QED) is 0.401. The molecule has 0 spiro atoms. The van der Waals surface area contributed by atoms with E-state index in [9.17, 15) is 24.3 Å². The number of carboxylic acid groups (broad SMARTS) is 2. The van der Waals surface area contributed by atoms with Crippen LogP contribution in [0.4, 0.5) is 0 Å². The fourth-order valence-corrected chi connectivity index (χ4v) is 2.95. The maximum Gasteiger partial charge on any atom is 0.317 e. The van der Waals surface area contributed by atoms with Crippen LogP contribution in [0.15, 0.2) is 0 Å². The lowest BCUT2D eigenvalue weighted by Gasteiger charge is -2.38. The normalized spacial score (nSPS) is 15.5. The van der Waals surface area contributed by atoms with Crippen molar-refractivity contribution in [2.45, 2.75) is 78.4 Å². The molecule has 0 aromatic rings. The molecule has 2 N–H and O–H groups in total. The topological polar surface area (TPSA) is 127 Å². The summed E-state index contributed by atoms with van der Waals surface area (Å²) in [5, 5.41) is 18.4. The van der Waals surface area contributed by atoms with Crippen molar-refractivity contribution in [2.24, 2.45) is 5.41 Å². The van der Waals surface area contributed by atoms with E-state index in [0.717, 1.165) is 0 Å². The second kappa shape index (κ2) is 10.7. The van der Waals surface area contributed by atoms with Crippen LogP contribution in [0.25, 0.3) is 0 Å². The second-order valence-corrected chi connectivity index (χ2v) is 6.16. The Hall–Kier alpha value is -2.12. The molecule has 0 aliphatic rings. The maximum absolute atomic E-state index is 12.0. The van der Waals surface area contributed by atoms with Crippen molar-refractivity contribution in [3.63, 3.8) is 0 Å². The van der Waals surface area contributed by atoms with Crippen molar-refractivity contribution in [2.75, 3.05) is 0 Å². The minimum atomic E-state index is -1.57. The van der Waals surface area contributed by atoms with E-state index < -0.39 is 41.5 Å². The Bertz CT molecular complexity index is 463. The molecule has 144 valence electrons. The van der Waals surface area contributed by atoms with Crippen LogP contribution in [-0.2, 0) is 28.7 Å². The smallest absolute Gasteiger partial charge is 0.317 e. The largest absolute Gasteiger partial charge is 0.481 e. The van der Waals surface area contributed by atoms with E-state index in [-0.39, 0.29) is 12.8 Å². The third-order valence-corrected chi connectivity index (χ3v) is 4.27. The van der Waals surface area contributed by atoms with Crippen LogP contribution >= 0.6 is 0 Å². The molecule has 2 unspecified atom stereocenters. The van der Waals surface area contributed by atoms with Crippen molar-refractivity contribution in [1.82, 2.24) is 0 Å². The number of ether oxygens (including phenoxy) is 2. The molecular formula is C17H28O8. The molecule has 0 saturated heterocycles. The molecular weight excluding hydrogens is 332 g/mol. The fraction of sp³-hybridized carbons (Fsp3) is 0.765. The number of aliphatic carboxylic acids is 2. The lowest BCUT2D eigenvalue weighted by Crippen LogP contribution is -2.52. The van der Waals surface area contributed by atoms with Gasteiger partial charge >= 0.3 is 23.9 Å². The van der Waals surface area contributed by atoms with Gasteiger partial charge in [0.2, 0.25) is 0 Å². The highest BCUT2D eigenvalue weighted by molar-refractivity contribution is 5.78. The summed E-state index contributed by atoms with van der Waals surface area (Å²) in [7, 11) is 0. The molecule has 0 bridgehead atoms. The summed E-state index contributed by atoms with van der Waals surface area (Å²) in [6.07, 6.45) is 0.480. The van der Waals surface area contributed by atoms with Crippen molar-refractivity contribution in [3.05, 3.63) is 0 Å². The van der Waals surface area contributed by atoms with Gasteiger partial charge in [-0.15, -0.1) is 0 Å². The van der Waals surface area contributed by atoms with Crippen LogP contribution < -0.4 is 0 Å². The van der Waals surface area contributed by atoms with Gasteiger partial charge in [0.1, 0.15) is 17.6 Å². The summed E-state index contributed by atoms with van der Waals surface area (Å²) in [6, 6.07) is 0. The first-order valence-electron chi connectivity index (χ1n) is 8.33. The number of carbonyl (C=O) groups is 4. The van der Waals surface area contributed by atoms with E-state index in [1.165, 1.54) is 27.7 Å². The van der Waals surface area contributed by atoms with E-state index in [2.05, 4.69) is 0 Å². The number of unbranched alkanes of at least 4 members (excludes halogenated alkanes) is 3. The predicted octanol–water partition coefficient (Wildman–Crippen LogP) is 2.39. The van der Waals surface area contributed by atoms with Gasteiger partial charge < -0.3 is 19.7 Å². The molecule has 8 nitrogen and oxygen atoms in total. The summed E-state index contributed by atoms with van der Waals surface area (Å²) in [6.45, 7) is 5.32. The van der Waals surface area contributed by atoms with Crippen LogP contribution in [-0.4, -0.2) is 46.3 Å². The zero-order valence-corrected chi connectivity index (χ0v) is 15.2.